The Balaban J connectivity index is 2.02. The molecule has 2 aromatic carbocycles. The summed E-state index contributed by atoms with van der Waals surface area (Å²) < 4.78 is 19.6. The fourth-order valence-corrected chi connectivity index (χ4v) is 3.49. The summed E-state index contributed by atoms with van der Waals surface area (Å²) in [5.41, 5.74) is 3.32. The highest BCUT2D eigenvalue weighted by Gasteiger charge is 2.19. The SMILES string of the molecule is CC(C)c1cccc2c(-c3ccc(F)cc3)c(C=C[C@@H](O)C[C@@H](O)CC(=O)O)oc12. The predicted molar refractivity (Wildman–Crippen MR) is 114 cm³/mol. The molecule has 0 spiro atoms. The van der Waals surface area contributed by atoms with E-state index in [4.69, 9.17) is 9.52 Å². The number of benzene rings is 2. The maximum atomic E-state index is 13.4. The number of aliphatic hydroxyl groups excluding tert-OH is 2. The van der Waals surface area contributed by atoms with Crippen LogP contribution in [0.4, 0.5) is 4.39 Å². The summed E-state index contributed by atoms with van der Waals surface area (Å²) in [6, 6.07) is 12.0. The second kappa shape index (κ2) is 9.24. The number of aliphatic hydroxyl groups is 2. The smallest absolute Gasteiger partial charge is 0.305 e. The molecule has 0 radical (unpaired) electrons. The molecule has 0 bridgehead atoms. The zero-order valence-electron chi connectivity index (χ0n) is 16.9. The largest absolute Gasteiger partial charge is 0.481 e. The molecular weight excluding hydrogens is 387 g/mol. The van der Waals surface area contributed by atoms with Crippen LogP contribution in [0.3, 0.4) is 0 Å². The van der Waals surface area contributed by atoms with Gasteiger partial charge in [-0.15, -0.1) is 0 Å². The van der Waals surface area contributed by atoms with Gasteiger partial charge in [0.1, 0.15) is 17.2 Å². The van der Waals surface area contributed by atoms with Gasteiger partial charge in [-0.25, -0.2) is 4.39 Å². The third-order valence-electron chi connectivity index (χ3n) is 4.92. The Labute approximate surface area is 174 Å². The first kappa shape index (κ1) is 21.7. The fraction of sp³-hybridized carbons (Fsp3) is 0.292. The normalized spacial score (nSPS) is 13.9. The molecule has 3 rings (SSSR count). The van der Waals surface area contributed by atoms with E-state index in [2.05, 4.69) is 13.8 Å². The second-order valence-electron chi connectivity index (χ2n) is 7.64. The standard InChI is InChI=1S/C24H25FO5/c1-14(2)19-4-3-5-20-23(15-6-8-16(25)9-7-15)21(30-24(19)20)11-10-17(26)12-18(27)13-22(28)29/h3-11,14,17-18,26-27H,12-13H2,1-2H3,(H,28,29)/t17-,18-/m1/s1. The molecule has 0 aliphatic rings. The number of hydrogen-bond acceptors (Lipinski definition) is 4. The molecule has 6 heteroatoms. The first-order valence-electron chi connectivity index (χ1n) is 9.83. The number of fused-ring (bicyclic) bond motifs is 1. The van der Waals surface area contributed by atoms with E-state index in [0.29, 0.717) is 5.76 Å². The van der Waals surface area contributed by atoms with Crippen LogP contribution in [-0.2, 0) is 4.79 Å². The summed E-state index contributed by atoms with van der Waals surface area (Å²) in [4.78, 5) is 10.7. The van der Waals surface area contributed by atoms with Gasteiger partial charge in [-0.2, -0.15) is 0 Å². The lowest BCUT2D eigenvalue weighted by molar-refractivity contribution is -0.139. The molecule has 2 atom stereocenters. The third kappa shape index (κ3) is 4.96. The third-order valence-corrected chi connectivity index (χ3v) is 4.92. The summed E-state index contributed by atoms with van der Waals surface area (Å²) in [5.74, 6) is -0.740. The number of hydrogen-bond donors (Lipinski definition) is 3. The number of furan rings is 1. The minimum atomic E-state index is -1.15. The number of rotatable bonds is 8. The van der Waals surface area contributed by atoms with Crippen molar-refractivity contribution in [2.24, 2.45) is 0 Å². The average Bonchev–Trinajstić information content (AvgIpc) is 3.04. The number of aliphatic carboxylic acids is 1. The Morgan fingerprint density at radius 3 is 2.47 bits per heavy atom. The van der Waals surface area contributed by atoms with Crippen molar-refractivity contribution < 1.29 is 28.9 Å². The highest BCUT2D eigenvalue weighted by atomic mass is 19.1. The van der Waals surface area contributed by atoms with Crippen LogP contribution in [0.25, 0.3) is 28.2 Å². The van der Waals surface area contributed by atoms with Crippen molar-refractivity contribution in [1.82, 2.24) is 0 Å². The monoisotopic (exact) mass is 412 g/mol. The van der Waals surface area contributed by atoms with Gasteiger partial charge in [0.25, 0.3) is 0 Å². The maximum Gasteiger partial charge on any atom is 0.305 e. The molecule has 0 saturated carbocycles. The maximum absolute atomic E-state index is 13.4. The van der Waals surface area contributed by atoms with Gasteiger partial charge < -0.3 is 19.7 Å². The van der Waals surface area contributed by atoms with Gasteiger partial charge in [0, 0.05) is 17.4 Å². The Kier molecular flexibility index (Phi) is 6.70. The first-order chi connectivity index (χ1) is 14.3. The number of para-hydroxylation sites is 1. The van der Waals surface area contributed by atoms with Gasteiger partial charge in [0.15, 0.2) is 0 Å². The zero-order chi connectivity index (χ0) is 21.8. The molecule has 0 aliphatic carbocycles. The van der Waals surface area contributed by atoms with Crippen LogP contribution in [0.2, 0.25) is 0 Å². The van der Waals surface area contributed by atoms with E-state index in [1.807, 2.05) is 18.2 Å². The van der Waals surface area contributed by atoms with Gasteiger partial charge in [-0.1, -0.05) is 50.3 Å². The number of carboxylic acids is 1. The Hall–Kier alpha value is -2.96. The van der Waals surface area contributed by atoms with Crippen molar-refractivity contribution in [3.05, 3.63) is 65.7 Å². The van der Waals surface area contributed by atoms with E-state index < -0.39 is 24.6 Å². The molecule has 30 heavy (non-hydrogen) atoms. The molecule has 5 nitrogen and oxygen atoms in total. The Morgan fingerprint density at radius 2 is 1.83 bits per heavy atom. The van der Waals surface area contributed by atoms with E-state index in [-0.39, 0.29) is 18.2 Å². The van der Waals surface area contributed by atoms with Crippen LogP contribution in [0.5, 0.6) is 0 Å². The van der Waals surface area contributed by atoms with Crippen molar-refractivity contribution in [1.29, 1.82) is 0 Å². The van der Waals surface area contributed by atoms with E-state index >= 15 is 0 Å². The fourth-order valence-electron chi connectivity index (χ4n) is 3.49. The topological polar surface area (TPSA) is 90.9 Å². The number of halogens is 1. The number of carboxylic acid groups (broad SMARTS) is 1. The molecule has 3 aromatic rings. The molecule has 0 aliphatic heterocycles. The molecule has 0 amide bonds. The van der Waals surface area contributed by atoms with E-state index in [9.17, 15) is 19.4 Å². The summed E-state index contributed by atoms with van der Waals surface area (Å²) >= 11 is 0. The number of carbonyl (C=O) groups is 1. The van der Waals surface area contributed by atoms with Crippen LogP contribution in [0.15, 0.2) is 53.0 Å². The minimum Gasteiger partial charge on any atom is -0.481 e. The first-order valence-corrected chi connectivity index (χ1v) is 9.83. The molecule has 3 N–H and O–H groups in total. The average molecular weight is 412 g/mol. The van der Waals surface area contributed by atoms with Gasteiger partial charge in [0.2, 0.25) is 0 Å². The van der Waals surface area contributed by atoms with E-state index in [1.54, 1.807) is 18.2 Å². The molecular formula is C24H25FO5. The lowest BCUT2D eigenvalue weighted by Crippen LogP contribution is -2.19. The van der Waals surface area contributed by atoms with Crippen molar-refractivity contribution in [3.63, 3.8) is 0 Å². The van der Waals surface area contributed by atoms with Gasteiger partial charge in [-0.05, 0) is 35.3 Å². The summed E-state index contributed by atoms with van der Waals surface area (Å²) in [6.45, 7) is 4.13. The molecule has 0 unspecified atom stereocenters. The van der Waals surface area contributed by atoms with E-state index in [0.717, 1.165) is 27.7 Å². The Bertz CT molecular complexity index is 1050. The lowest BCUT2D eigenvalue weighted by Gasteiger charge is -2.10. The minimum absolute atomic E-state index is 0.105. The van der Waals surface area contributed by atoms with Crippen LogP contribution < -0.4 is 0 Å². The van der Waals surface area contributed by atoms with Gasteiger partial charge >= 0.3 is 5.97 Å². The van der Waals surface area contributed by atoms with Crippen LogP contribution in [0.1, 0.15) is 43.9 Å². The molecule has 1 aromatic heterocycles. The van der Waals surface area contributed by atoms with Gasteiger partial charge in [-0.3, -0.25) is 4.79 Å². The van der Waals surface area contributed by atoms with Crippen molar-refractivity contribution >= 4 is 23.0 Å². The molecule has 158 valence electrons. The summed E-state index contributed by atoms with van der Waals surface area (Å²) in [7, 11) is 0. The van der Waals surface area contributed by atoms with E-state index in [1.165, 1.54) is 18.2 Å². The zero-order valence-corrected chi connectivity index (χ0v) is 16.9. The van der Waals surface area contributed by atoms with Crippen LogP contribution in [-0.4, -0.2) is 33.5 Å². The Morgan fingerprint density at radius 1 is 1.13 bits per heavy atom. The quantitative estimate of drug-likeness (QED) is 0.486. The molecule has 1 heterocycles. The molecule has 0 fully saturated rings. The van der Waals surface area contributed by atoms with Crippen LogP contribution in [0, 0.1) is 5.82 Å². The molecule has 0 saturated heterocycles. The lowest BCUT2D eigenvalue weighted by atomic mass is 9.96. The van der Waals surface area contributed by atoms with Crippen molar-refractivity contribution in [3.8, 4) is 11.1 Å². The van der Waals surface area contributed by atoms with Crippen LogP contribution >= 0.6 is 0 Å². The second-order valence-corrected chi connectivity index (χ2v) is 7.64. The van der Waals surface area contributed by atoms with Crippen molar-refractivity contribution in [2.75, 3.05) is 0 Å². The predicted octanol–water partition coefficient (Wildman–Crippen LogP) is 4.96. The highest BCUT2D eigenvalue weighted by Crippen LogP contribution is 2.39. The van der Waals surface area contributed by atoms with Crippen molar-refractivity contribution in [2.45, 2.75) is 44.8 Å². The highest BCUT2D eigenvalue weighted by molar-refractivity contribution is 5.99. The summed E-state index contributed by atoms with van der Waals surface area (Å²) in [5, 5.41) is 29.5. The van der Waals surface area contributed by atoms with Gasteiger partial charge in [0.05, 0.1) is 18.6 Å². The summed E-state index contributed by atoms with van der Waals surface area (Å²) in [6.07, 6.45) is 0.339.